The highest BCUT2D eigenvalue weighted by molar-refractivity contribution is 6.31. The highest BCUT2D eigenvalue weighted by atomic mass is 35.5. The summed E-state index contributed by atoms with van der Waals surface area (Å²) in [7, 11) is 0. The Hall–Kier alpha value is -1.39. The summed E-state index contributed by atoms with van der Waals surface area (Å²) in [6.45, 7) is 10.1. The first kappa shape index (κ1) is 15.0. The molecule has 0 aliphatic heterocycles. The van der Waals surface area contributed by atoms with Crippen LogP contribution in [0.4, 0.5) is 0 Å². The van der Waals surface area contributed by atoms with Crippen LogP contribution in [0.5, 0.6) is 0 Å². The molecule has 2 aromatic rings. The van der Waals surface area contributed by atoms with Crippen LogP contribution in [0.2, 0.25) is 5.02 Å². The fourth-order valence-electron chi connectivity index (χ4n) is 2.00. The van der Waals surface area contributed by atoms with Gasteiger partial charge in [-0.15, -0.1) is 0 Å². The van der Waals surface area contributed by atoms with Crippen LogP contribution >= 0.6 is 11.6 Å². The third kappa shape index (κ3) is 3.81. The summed E-state index contributed by atoms with van der Waals surface area (Å²) in [5, 5.41) is 8.47. The van der Waals surface area contributed by atoms with Gasteiger partial charge < -0.3 is 5.32 Å². The van der Waals surface area contributed by atoms with Crippen LogP contribution in [0, 0.1) is 19.8 Å². The van der Waals surface area contributed by atoms with Crippen molar-refractivity contribution in [1.29, 1.82) is 0 Å². The van der Waals surface area contributed by atoms with Gasteiger partial charge >= 0.3 is 0 Å². The van der Waals surface area contributed by atoms with E-state index in [1.165, 1.54) is 5.56 Å². The zero-order valence-electron chi connectivity index (χ0n) is 12.4. The van der Waals surface area contributed by atoms with Crippen molar-refractivity contribution in [2.24, 2.45) is 5.92 Å². The van der Waals surface area contributed by atoms with Gasteiger partial charge in [-0.2, -0.15) is 5.10 Å². The van der Waals surface area contributed by atoms with Gasteiger partial charge in [0, 0.05) is 12.2 Å². The van der Waals surface area contributed by atoms with Crippen molar-refractivity contribution in [2.45, 2.75) is 34.2 Å². The van der Waals surface area contributed by atoms with Gasteiger partial charge in [0.15, 0.2) is 5.82 Å². The van der Waals surface area contributed by atoms with Gasteiger partial charge in [-0.05, 0) is 44.0 Å². The summed E-state index contributed by atoms with van der Waals surface area (Å²) in [5.41, 5.74) is 3.00. The third-order valence-corrected chi connectivity index (χ3v) is 3.33. The fraction of sp³-hybridized carbons (Fsp3) is 0.467. The van der Waals surface area contributed by atoms with Gasteiger partial charge in [0.25, 0.3) is 0 Å². The van der Waals surface area contributed by atoms with Crippen LogP contribution in [-0.2, 0) is 6.54 Å². The molecule has 0 aromatic carbocycles. The largest absolute Gasteiger partial charge is 0.312 e. The molecule has 0 amide bonds. The maximum absolute atomic E-state index is 6.05. The number of aromatic nitrogens is 3. The van der Waals surface area contributed by atoms with Crippen LogP contribution in [0.15, 0.2) is 18.3 Å². The molecule has 0 atom stereocenters. The summed E-state index contributed by atoms with van der Waals surface area (Å²) in [6.07, 6.45) is 1.80. The monoisotopic (exact) mass is 292 g/mol. The first-order chi connectivity index (χ1) is 9.45. The van der Waals surface area contributed by atoms with Crippen molar-refractivity contribution in [2.75, 3.05) is 6.54 Å². The standard InChI is InChI=1S/C15H21ClN4/c1-10(2)7-17-8-13-5-11(3)18-15(6-13)20-9-14(16)12(4)19-20/h5-6,9-10,17H,7-8H2,1-4H3. The van der Waals surface area contributed by atoms with Gasteiger partial charge in [0.2, 0.25) is 0 Å². The Balaban J connectivity index is 2.20. The van der Waals surface area contributed by atoms with Crippen LogP contribution in [0.1, 0.15) is 30.8 Å². The Bertz CT molecular complexity index is 570. The average Bonchev–Trinajstić information content (AvgIpc) is 2.68. The lowest BCUT2D eigenvalue weighted by Gasteiger charge is -2.09. The minimum atomic E-state index is 0.643. The molecule has 2 rings (SSSR count). The molecule has 4 nitrogen and oxygen atoms in total. The molecule has 1 N–H and O–H groups in total. The molecule has 0 bridgehead atoms. The Kier molecular flexibility index (Phi) is 4.78. The lowest BCUT2D eigenvalue weighted by atomic mass is 10.2. The number of pyridine rings is 1. The molecule has 2 aromatic heterocycles. The Morgan fingerprint density at radius 2 is 2.05 bits per heavy atom. The molecule has 5 heteroatoms. The second-order valence-electron chi connectivity index (χ2n) is 5.51. The van der Waals surface area contributed by atoms with E-state index in [9.17, 15) is 0 Å². The maximum atomic E-state index is 6.05. The molecule has 0 saturated carbocycles. The molecule has 0 spiro atoms. The number of nitrogens with zero attached hydrogens (tertiary/aromatic N) is 3. The van der Waals surface area contributed by atoms with Crippen LogP contribution < -0.4 is 5.32 Å². The SMILES string of the molecule is Cc1cc(CNCC(C)C)cc(-n2cc(Cl)c(C)n2)n1. The topological polar surface area (TPSA) is 42.7 Å². The van der Waals surface area contributed by atoms with Gasteiger partial charge in [0.05, 0.1) is 16.9 Å². The molecule has 2 heterocycles. The third-order valence-electron chi connectivity index (χ3n) is 2.96. The van der Waals surface area contributed by atoms with Gasteiger partial charge in [-0.1, -0.05) is 25.4 Å². The number of nitrogens with one attached hydrogen (secondary N) is 1. The zero-order valence-corrected chi connectivity index (χ0v) is 13.2. The highest BCUT2D eigenvalue weighted by Gasteiger charge is 2.07. The summed E-state index contributed by atoms with van der Waals surface area (Å²) in [4.78, 5) is 4.52. The second kappa shape index (κ2) is 6.37. The molecule has 0 saturated heterocycles. The van der Waals surface area contributed by atoms with E-state index in [2.05, 4.69) is 35.3 Å². The summed E-state index contributed by atoms with van der Waals surface area (Å²) in [6, 6.07) is 4.14. The normalized spacial score (nSPS) is 11.3. The molecule has 0 unspecified atom stereocenters. The van der Waals surface area contributed by atoms with Gasteiger partial charge in [-0.3, -0.25) is 0 Å². The summed E-state index contributed by atoms with van der Waals surface area (Å²) >= 11 is 6.05. The molecular formula is C15H21ClN4. The van der Waals surface area contributed by atoms with Crippen LogP contribution in [-0.4, -0.2) is 21.3 Å². The summed E-state index contributed by atoms with van der Waals surface area (Å²) < 4.78 is 1.73. The summed E-state index contributed by atoms with van der Waals surface area (Å²) in [5.74, 6) is 1.45. The van der Waals surface area contributed by atoms with E-state index in [1.807, 2.05) is 19.9 Å². The molecule has 0 fully saturated rings. The van der Waals surface area contributed by atoms with E-state index in [0.717, 1.165) is 30.3 Å². The molecule has 0 aliphatic carbocycles. The van der Waals surface area contributed by atoms with E-state index in [0.29, 0.717) is 10.9 Å². The van der Waals surface area contributed by atoms with Crippen molar-refractivity contribution in [3.05, 3.63) is 40.3 Å². The predicted octanol–water partition coefficient (Wildman–Crippen LogP) is 3.28. The van der Waals surface area contributed by atoms with E-state index < -0.39 is 0 Å². The fourth-order valence-corrected chi connectivity index (χ4v) is 2.13. The maximum Gasteiger partial charge on any atom is 0.153 e. The quantitative estimate of drug-likeness (QED) is 0.919. The Morgan fingerprint density at radius 1 is 1.30 bits per heavy atom. The number of rotatable bonds is 5. The van der Waals surface area contributed by atoms with E-state index in [1.54, 1.807) is 10.9 Å². The van der Waals surface area contributed by atoms with Crippen molar-refractivity contribution >= 4 is 11.6 Å². The molecule has 0 radical (unpaired) electrons. The molecular weight excluding hydrogens is 272 g/mol. The van der Waals surface area contributed by atoms with Crippen molar-refractivity contribution < 1.29 is 0 Å². The number of hydrogen-bond donors (Lipinski definition) is 1. The Labute approximate surface area is 125 Å². The lowest BCUT2D eigenvalue weighted by Crippen LogP contribution is -2.19. The highest BCUT2D eigenvalue weighted by Crippen LogP contribution is 2.16. The molecule has 0 aliphatic rings. The molecule has 108 valence electrons. The second-order valence-corrected chi connectivity index (χ2v) is 5.91. The number of aryl methyl sites for hydroxylation is 2. The van der Waals surface area contributed by atoms with Crippen LogP contribution in [0.25, 0.3) is 5.82 Å². The van der Waals surface area contributed by atoms with Crippen molar-refractivity contribution in [1.82, 2.24) is 20.1 Å². The minimum Gasteiger partial charge on any atom is -0.312 e. The van der Waals surface area contributed by atoms with Crippen LogP contribution in [0.3, 0.4) is 0 Å². The average molecular weight is 293 g/mol. The number of hydrogen-bond acceptors (Lipinski definition) is 3. The Morgan fingerprint density at radius 3 is 2.65 bits per heavy atom. The zero-order chi connectivity index (χ0) is 14.7. The lowest BCUT2D eigenvalue weighted by molar-refractivity contribution is 0.552. The minimum absolute atomic E-state index is 0.643. The van der Waals surface area contributed by atoms with E-state index in [4.69, 9.17) is 11.6 Å². The molecule has 20 heavy (non-hydrogen) atoms. The first-order valence-electron chi connectivity index (χ1n) is 6.86. The van der Waals surface area contributed by atoms with Crippen molar-refractivity contribution in [3.8, 4) is 5.82 Å². The smallest absolute Gasteiger partial charge is 0.153 e. The van der Waals surface area contributed by atoms with Gasteiger partial charge in [-0.25, -0.2) is 9.67 Å². The van der Waals surface area contributed by atoms with E-state index in [-0.39, 0.29) is 0 Å². The number of halogens is 1. The first-order valence-corrected chi connectivity index (χ1v) is 7.24. The van der Waals surface area contributed by atoms with Gasteiger partial charge in [0.1, 0.15) is 0 Å². The van der Waals surface area contributed by atoms with E-state index >= 15 is 0 Å². The van der Waals surface area contributed by atoms with Crippen molar-refractivity contribution in [3.63, 3.8) is 0 Å². The predicted molar refractivity (Wildman–Crippen MR) is 82.4 cm³/mol.